The largest absolute Gasteiger partial charge is 0.317 e. The summed E-state index contributed by atoms with van der Waals surface area (Å²) in [4.78, 5) is 4.32. The standard InChI is InChI=1S/C17H11FN2/c18-14-3-6-17-13(10-14)7-9-20(17)15-4-5-16-12(11-15)2-1-8-19-16/h1-11H. The molecule has 0 saturated carbocycles. The summed E-state index contributed by atoms with van der Waals surface area (Å²) >= 11 is 0. The van der Waals surface area contributed by atoms with Gasteiger partial charge in [0.15, 0.2) is 0 Å². The lowest BCUT2D eigenvalue weighted by atomic mass is 10.2. The number of pyridine rings is 1. The Morgan fingerprint density at radius 3 is 2.80 bits per heavy atom. The van der Waals surface area contributed by atoms with Crippen molar-refractivity contribution in [3.8, 4) is 5.69 Å². The molecule has 0 atom stereocenters. The molecular weight excluding hydrogens is 251 g/mol. The normalized spacial score (nSPS) is 11.2. The first kappa shape index (κ1) is 11.2. The van der Waals surface area contributed by atoms with Crippen LogP contribution < -0.4 is 0 Å². The number of halogens is 1. The Bertz CT molecular complexity index is 924. The van der Waals surface area contributed by atoms with Gasteiger partial charge in [0, 0.05) is 28.9 Å². The Morgan fingerprint density at radius 2 is 1.85 bits per heavy atom. The maximum atomic E-state index is 13.2. The number of benzene rings is 2. The maximum absolute atomic E-state index is 13.2. The second kappa shape index (κ2) is 4.17. The van der Waals surface area contributed by atoms with Gasteiger partial charge < -0.3 is 4.57 Å². The predicted molar refractivity (Wildman–Crippen MR) is 78.5 cm³/mol. The van der Waals surface area contributed by atoms with Gasteiger partial charge in [-0.2, -0.15) is 0 Å². The molecule has 2 heterocycles. The van der Waals surface area contributed by atoms with Crippen molar-refractivity contribution in [1.29, 1.82) is 0 Å². The van der Waals surface area contributed by atoms with Gasteiger partial charge in [-0.05, 0) is 48.5 Å². The van der Waals surface area contributed by atoms with E-state index in [1.54, 1.807) is 18.3 Å². The zero-order valence-electron chi connectivity index (χ0n) is 10.6. The van der Waals surface area contributed by atoms with Gasteiger partial charge in [0.25, 0.3) is 0 Å². The van der Waals surface area contributed by atoms with Crippen LogP contribution in [0.3, 0.4) is 0 Å². The summed E-state index contributed by atoms with van der Waals surface area (Å²) in [5, 5.41) is 1.99. The summed E-state index contributed by atoms with van der Waals surface area (Å²) in [6.07, 6.45) is 3.75. The van der Waals surface area contributed by atoms with Crippen molar-refractivity contribution in [1.82, 2.24) is 9.55 Å². The third-order valence-electron chi connectivity index (χ3n) is 3.52. The molecule has 20 heavy (non-hydrogen) atoms. The summed E-state index contributed by atoms with van der Waals surface area (Å²) in [6, 6.07) is 16.8. The zero-order valence-corrected chi connectivity index (χ0v) is 10.6. The highest BCUT2D eigenvalue weighted by molar-refractivity contribution is 5.85. The lowest BCUT2D eigenvalue weighted by Gasteiger charge is -2.07. The minimum Gasteiger partial charge on any atom is -0.317 e. The van der Waals surface area contributed by atoms with E-state index in [1.165, 1.54) is 6.07 Å². The van der Waals surface area contributed by atoms with E-state index >= 15 is 0 Å². The van der Waals surface area contributed by atoms with Crippen molar-refractivity contribution >= 4 is 21.8 Å². The predicted octanol–water partition coefficient (Wildman–Crippen LogP) is 4.32. The van der Waals surface area contributed by atoms with Crippen LogP contribution in [0.2, 0.25) is 0 Å². The Hall–Kier alpha value is -2.68. The number of hydrogen-bond acceptors (Lipinski definition) is 1. The Labute approximate surface area is 115 Å². The minimum absolute atomic E-state index is 0.210. The fourth-order valence-electron chi connectivity index (χ4n) is 2.55. The van der Waals surface area contributed by atoms with Gasteiger partial charge >= 0.3 is 0 Å². The molecule has 0 aliphatic heterocycles. The number of fused-ring (bicyclic) bond motifs is 2. The van der Waals surface area contributed by atoms with Crippen molar-refractivity contribution in [3.05, 3.63) is 72.8 Å². The molecule has 0 fully saturated rings. The molecule has 2 aromatic heterocycles. The lowest BCUT2D eigenvalue weighted by Crippen LogP contribution is -1.92. The average Bonchev–Trinajstić information content (AvgIpc) is 2.89. The monoisotopic (exact) mass is 262 g/mol. The van der Waals surface area contributed by atoms with Crippen LogP contribution in [-0.4, -0.2) is 9.55 Å². The first-order valence-electron chi connectivity index (χ1n) is 6.43. The van der Waals surface area contributed by atoms with Crippen molar-refractivity contribution in [2.24, 2.45) is 0 Å². The molecule has 96 valence electrons. The molecule has 2 aromatic carbocycles. The average molecular weight is 262 g/mol. The molecule has 0 amide bonds. The van der Waals surface area contributed by atoms with Crippen molar-refractivity contribution < 1.29 is 4.39 Å². The van der Waals surface area contributed by atoms with Crippen LogP contribution in [0.5, 0.6) is 0 Å². The van der Waals surface area contributed by atoms with Gasteiger partial charge in [-0.1, -0.05) is 6.07 Å². The summed E-state index contributed by atoms with van der Waals surface area (Å²) in [7, 11) is 0. The molecule has 4 aromatic rings. The van der Waals surface area contributed by atoms with Gasteiger partial charge in [0.1, 0.15) is 5.82 Å². The molecule has 0 radical (unpaired) electrons. The number of hydrogen-bond donors (Lipinski definition) is 0. The van der Waals surface area contributed by atoms with Gasteiger partial charge in [-0.3, -0.25) is 4.98 Å². The fourth-order valence-corrected chi connectivity index (χ4v) is 2.55. The molecule has 0 saturated heterocycles. The van der Waals surface area contributed by atoms with E-state index in [0.717, 1.165) is 27.5 Å². The minimum atomic E-state index is -0.210. The molecule has 0 aliphatic rings. The highest BCUT2D eigenvalue weighted by Gasteiger charge is 2.05. The van der Waals surface area contributed by atoms with Crippen LogP contribution in [-0.2, 0) is 0 Å². The van der Waals surface area contributed by atoms with Gasteiger partial charge in [0.2, 0.25) is 0 Å². The molecule has 0 unspecified atom stereocenters. The second-order valence-corrected chi connectivity index (χ2v) is 4.77. The SMILES string of the molecule is Fc1ccc2c(ccn2-c2ccc3ncccc3c2)c1. The lowest BCUT2D eigenvalue weighted by molar-refractivity contribution is 0.629. The fraction of sp³-hybridized carbons (Fsp3) is 0. The summed E-state index contributed by atoms with van der Waals surface area (Å²) < 4.78 is 15.3. The van der Waals surface area contributed by atoms with E-state index in [0.29, 0.717) is 0 Å². The molecule has 4 rings (SSSR count). The highest BCUT2D eigenvalue weighted by atomic mass is 19.1. The summed E-state index contributed by atoms with van der Waals surface area (Å²) in [6.45, 7) is 0. The van der Waals surface area contributed by atoms with Crippen LogP contribution in [0.1, 0.15) is 0 Å². The topological polar surface area (TPSA) is 17.8 Å². The number of nitrogens with zero attached hydrogens (tertiary/aromatic N) is 2. The van der Waals surface area contributed by atoms with Crippen LogP contribution in [0.25, 0.3) is 27.5 Å². The second-order valence-electron chi connectivity index (χ2n) is 4.77. The van der Waals surface area contributed by atoms with Crippen molar-refractivity contribution in [2.75, 3.05) is 0 Å². The number of rotatable bonds is 1. The van der Waals surface area contributed by atoms with Crippen molar-refractivity contribution in [3.63, 3.8) is 0 Å². The van der Waals surface area contributed by atoms with E-state index in [2.05, 4.69) is 15.6 Å². The third-order valence-corrected chi connectivity index (χ3v) is 3.52. The van der Waals surface area contributed by atoms with E-state index in [4.69, 9.17) is 0 Å². The maximum Gasteiger partial charge on any atom is 0.123 e. The van der Waals surface area contributed by atoms with E-state index < -0.39 is 0 Å². The van der Waals surface area contributed by atoms with Crippen LogP contribution in [0.15, 0.2) is 67.0 Å². The quantitative estimate of drug-likeness (QED) is 0.499. The van der Waals surface area contributed by atoms with E-state index in [9.17, 15) is 4.39 Å². The zero-order chi connectivity index (χ0) is 13.5. The van der Waals surface area contributed by atoms with E-state index in [-0.39, 0.29) is 5.82 Å². The summed E-state index contributed by atoms with van der Waals surface area (Å²) in [5.41, 5.74) is 3.01. The Kier molecular flexibility index (Phi) is 2.33. The molecule has 2 nitrogen and oxygen atoms in total. The molecule has 0 bridgehead atoms. The Balaban J connectivity index is 1.96. The van der Waals surface area contributed by atoms with Gasteiger partial charge in [-0.15, -0.1) is 0 Å². The molecule has 3 heteroatoms. The summed E-state index contributed by atoms with van der Waals surface area (Å²) in [5.74, 6) is -0.210. The molecule has 0 aliphatic carbocycles. The number of aromatic nitrogens is 2. The third kappa shape index (κ3) is 1.67. The van der Waals surface area contributed by atoms with Crippen LogP contribution in [0.4, 0.5) is 4.39 Å². The van der Waals surface area contributed by atoms with Crippen LogP contribution in [0, 0.1) is 5.82 Å². The Morgan fingerprint density at radius 1 is 0.900 bits per heavy atom. The first-order valence-corrected chi connectivity index (χ1v) is 6.43. The van der Waals surface area contributed by atoms with Gasteiger partial charge in [0.05, 0.1) is 11.0 Å². The first-order chi connectivity index (χ1) is 9.81. The highest BCUT2D eigenvalue weighted by Crippen LogP contribution is 2.23. The van der Waals surface area contributed by atoms with Gasteiger partial charge in [-0.25, -0.2) is 4.39 Å². The molecular formula is C17H11FN2. The molecule has 0 N–H and O–H groups in total. The van der Waals surface area contributed by atoms with E-state index in [1.807, 2.05) is 36.5 Å². The van der Waals surface area contributed by atoms with Crippen molar-refractivity contribution in [2.45, 2.75) is 0 Å². The van der Waals surface area contributed by atoms with Crippen LogP contribution >= 0.6 is 0 Å². The molecule has 0 spiro atoms. The smallest absolute Gasteiger partial charge is 0.123 e.